The number of nitrogens with zero attached hydrogens (tertiary/aromatic N) is 2. The quantitative estimate of drug-likeness (QED) is 0.127. The standard InChI is InChI=1S/C89H72N2/c1-87(2)79-49-57(29-31-59-35-45-75-77-47-41-69(55-83(77)88(3,4)81(75)51-59)90(67-39-37-61-17-7-9-21-65(61)53-67)85-27-15-23-63-19-11-13-25-71(63)85)33-43-73(79)74-44-34-58(50-80(74)87)30-32-60-36-46-76-78-48-42-70(56-84(78)89(5,6)82(76)52-60)91(68-40-38-62-18-8-10-22-66(62)54-68)86-28-16-24-64-20-12-14-26-72(64)86/h7-29,31,33-34,36-56,59H,30,32,35H2,1-6H3/b31-29+. The van der Waals surface area contributed by atoms with Crippen molar-refractivity contribution in [3.63, 3.8) is 0 Å². The summed E-state index contributed by atoms with van der Waals surface area (Å²) in [5.41, 5.74) is 27.2. The molecule has 13 aromatic carbocycles. The molecule has 0 aromatic heterocycles. The average molecular weight is 1170 g/mol. The first-order valence-electron chi connectivity index (χ1n) is 32.7. The molecule has 0 heterocycles. The molecule has 13 aromatic rings. The first-order chi connectivity index (χ1) is 44.3. The predicted molar refractivity (Wildman–Crippen MR) is 387 cm³/mol. The van der Waals surface area contributed by atoms with Crippen molar-refractivity contribution in [2.24, 2.45) is 5.92 Å². The second-order valence-electron chi connectivity index (χ2n) is 27.6. The number of allylic oxidation sites excluding steroid dienone is 5. The van der Waals surface area contributed by atoms with Gasteiger partial charge in [0, 0.05) is 49.8 Å². The number of fused-ring (bicyclic) bond motifs is 13. The van der Waals surface area contributed by atoms with E-state index >= 15 is 0 Å². The van der Waals surface area contributed by atoms with Gasteiger partial charge in [-0.3, -0.25) is 0 Å². The van der Waals surface area contributed by atoms with Gasteiger partial charge < -0.3 is 9.80 Å². The van der Waals surface area contributed by atoms with E-state index < -0.39 is 0 Å². The maximum Gasteiger partial charge on any atom is 0.0540 e. The van der Waals surface area contributed by atoms with Gasteiger partial charge in [0.2, 0.25) is 0 Å². The van der Waals surface area contributed by atoms with Gasteiger partial charge >= 0.3 is 0 Å². The highest BCUT2D eigenvalue weighted by Gasteiger charge is 2.41. The highest BCUT2D eigenvalue weighted by Crippen LogP contribution is 2.56. The van der Waals surface area contributed by atoms with Crippen LogP contribution < -0.4 is 9.80 Å². The number of rotatable bonds is 11. The Kier molecular flexibility index (Phi) is 12.6. The van der Waals surface area contributed by atoms with E-state index in [-0.39, 0.29) is 16.2 Å². The van der Waals surface area contributed by atoms with Crippen LogP contribution in [-0.2, 0) is 29.1 Å². The topological polar surface area (TPSA) is 6.48 Å². The molecule has 0 saturated carbocycles. The van der Waals surface area contributed by atoms with Gasteiger partial charge in [-0.05, 0) is 202 Å². The lowest BCUT2D eigenvalue weighted by Crippen LogP contribution is -2.18. The molecule has 438 valence electrons. The van der Waals surface area contributed by atoms with Crippen LogP contribution in [0.2, 0.25) is 0 Å². The minimum absolute atomic E-state index is 0.120. The fourth-order valence-electron chi connectivity index (χ4n) is 16.2. The normalized spacial score (nSPS) is 16.1. The Morgan fingerprint density at radius 2 is 0.758 bits per heavy atom. The van der Waals surface area contributed by atoms with E-state index in [0.29, 0.717) is 5.92 Å². The molecule has 0 fully saturated rings. The summed E-state index contributed by atoms with van der Waals surface area (Å²) in [5, 5.41) is 9.90. The molecule has 4 aliphatic carbocycles. The third kappa shape index (κ3) is 8.97. The molecular weight excluding hydrogens is 1100 g/mol. The van der Waals surface area contributed by atoms with Crippen LogP contribution in [0.25, 0.3) is 77.0 Å². The molecule has 0 N–H and O–H groups in total. The van der Waals surface area contributed by atoms with Crippen molar-refractivity contribution in [3.8, 4) is 22.3 Å². The molecule has 1 atom stereocenters. The lowest BCUT2D eigenvalue weighted by molar-refractivity contribution is 0.645. The summed E-state index contributed by atoms with van der Waals surface area (Å²) in [6.07, 6.45) is 12.9. The van der Waals surface area contributed by atoms with E-state index in [0.717, 1.165) is 30.6 Å². The zero-order valence-electron chi connectivity index (χ0n) is 52.7. The van der Waals surface area contributed by atoms with E-state index in [1.807, 2.05) is 0 Å². The molecule has 0 bridgehead atoms. The SMILES string of the molecule is CC1(C)C2=CC(/C=C/c3ccc4c(c3)C(C)(C)c3cc(CCc5ccc6c(c5)C(C)(C)c5cc(N(c7ccc8ccccc8c7)c7cccc8ccccc78)ccc5-6)ccc3-4)CC=C2c2ccc(N(c3ccc4ccccc4c3)c3cccc4ccccc34)cc21. The van der Waals surface area contributed by atoms with E-state index in [2.05, 4.69) is 337 Å². The molecule has 0 radical (unpaired) electrons. The van der Waals surface area contributed by atoms with Crippen molar-refractivity contribution in [2.45, 2.75) is 77.0 Å². The first kappa shape index (κ1) is 54.8. The molecule has 2 heteroatoms. The Morgan fingerprint density at radius 3 is 1.30 bits per heavy atom. The minimum Gasteiger partial charge on any atom is -0.310 e. The summed E-state index contributed by atoms with van der Waals surface area (Å²) in [5.74, 6) is 0.302. The van der Waals surface area contributed by atoms with Crippen molar-refractivity contribution in [3.05, 3.63) is 335 Å². The molecule has 0 saturated heterocycles. The van der Waals surface area contributed by atoms with Crippen LogP contribution in [0.5, 0.6) is 0 Å². The van der Waals surface area contributed by atoms with Gasteiger partial charge in [0.1, 0.15) is 0 Å². The van der Waals surface area contributed by atoms with Gasteiger partial charge in [-0.25, -0.2) is 0 Å². The van der Waals surface area contributed by atoms with Crippen molar-refractivity contribution in [1.82, 2.24) is 0 Å². The maximum atomic E-state index is 2.57. The third-order valence-electron chi connectivity index (χ3n) is 21.1. The minimum atomic E-state index is -0.177. The summed E-state index contributed by atoms with van der Waals surface area (Å²) in [6.45, 7) is 14.5. The number of benzene rings is 13. The number of aryl methyl sites for hydroxylation is 2. The monoisotopic (exact) mass is 1170 g/mol. The Hall–Kier alpha value is -10.3. The number of hydrogen-bond donors (Lipinski definition) is 0. The highest BCUT2D eigenvalue weighted by atomic mass is 15.1. The first-order valence-corrected chi connectivity index (χ1v) is 32.7. The fourth-order valence-corrected chi connectivity index (χ4v) is 16.2. The molecule has 0 amide bonds. The van der Waals surface area contributed by atoms with Gasteiger partial charge in [0.05, 0.1) is 11.4 Å². The van der Waals surface area contributed by atoms with Crippen LogP contribution in [0.15, 0.2) is 285 Å². The van der Waals surface area contributed by atoms with Crippen LogP contribution in [0.1, 0.15) is 98.0 Å². The second-order valence-corrected chi connectivity index (χ2v) is 27.6. The van der Waals surface area contributed by atoms with Gasteiger partial charge in [-0.1, -0.05) is 266 Å². The Labute approximate surface area is 535 Å². The van der Waals surface area contributed by atoms with Crippen molar-refractivity contribution >= 4 is 88.9 Å². The summed E-state index contributed by atoms with van der Waals surface area (Å²) < 4.78 is 0. The lowest BCUT2D eigenvalue weighted by Gasteiger charge is -2.29. The van der Waals surface area contributed by atoms with Crippen LogP contribution in [-0.4, -0.2) is 0 Å². The number of hydrogen-bond acceptors (Lipinski definition) is 2. The van der Waals surface area contributed by atoms with Crippen molar-refractivity contribution < 1.29 is 0 Å². The fraction of sp³-hybridized carbons (Fsp3) is 0.146. The molecule has 17 rings (SSSR count). The van der Waals surface area contributed by atoms with Gasteiger partial charge in [-0.2, -0.15) is 0 Å². The van der Waals surface area contributed by atoms with E-state index in [1.165, 1.54) is 149 Å². The zero-order chi connectivity index (χ0) is 61.3. The lowest BCUT2D eigenvalue weighted by atomic mass is 9.78. The Bertz CT molecular complexity index is 5260. The smallest absolute Gasteiger partial charge is 0.0540 e. The van der Waals surface area contributed by atoms with Crippen LogP contribution in [0.4, 0.5) is 34.1 Å². The van der Waals surface area contributed by atoms with Gasteiger partial charge in [-0.15, -0.1) is 0 Å². The van der Waals surface area contributed by atoms with Crippen LogP contribution >= 0.6 is 0 Å². The van der Waals surface area contributed by atoms with Gasteiger partial charge in [0.25, 0.3) is 0 Å². The average Bonchev–Trinajstić information content (AvgIpc) is 1.62. The van der Waals surface area contributed by atoms with Crippen LogP contribution in [0.3, 0.4) is 0 Å². The predicted octanol–water partition coefficient (Wildman–Crippen LogP) is 24.0. The molecule has 4 aliphatic rings. The second kappa shape index (κ2) is 20.9. The summed E-state index contributed by atoms with van der Waals surface area (Å²) >= 11 is 0. The Morgan fingerprint density at radius 1 is 0.352 bits per heavy atom. The molecule has 91 heavy (non-hydrogen) atoms. The van der Waals surface area contributed by atoms with E-state index in [9.17, 15) is 0 Å². The molecule has 0 spiro atoms. The number of anilines is 6. The summed E-state index contributed by atoms with van der Waals surface area (Å²) in [7, 11) is 0. The largest absolute Gasteiger partial charge is 0.310 e. The van der Waals surface area contributed by atoms with Crippen molar-refractivity contribution in [1.29, 1.82) is 0 Å². The molecule has 2 nitrogen and oxygen atoms in total. The third-order valence-corrected chi connectivity index (χ3v) is 21.1. The maximum absolute atomic E-state index is 2.57. The Balaban J connectivity index is 0.604. The van der Waals surface area contributed by atoms with Crippen LogP contribution in [0, 0.1) is 5.92 Å². The summed E-state index contributed by atoms with van der Waals surface area (Å²) in [4.78, 5) is 4.93. The molecule has 0 aliphatic heterocycles. The van der Waals surface area contributed by atoms with Gasteiger partial charge in [0.15, 0.2) is 0 Å². The van der Waals surface area contributed by atoms with E-state index in [1.54, 1.807) is 0 Å². The van der Waals surface area contributed by atoms with Crippen molar-refractivity contribution in [2.75, 3.05) is 9.80 Å². The molecule has 1 unspecified atom stereocenters. The van der Waals surface area contributed by atoms with E-state index in [4.69, 9.17) is 0 Å². The highest BCUT2D eigenvalue weighted by molar-refractivity contribution is 6.03. The summed E-state index contributed by atoms with van der Waals surface area (Å²) in [6, 6.07) is 98.2. The zero-order valence-corrected chi connectivity index (χ0v) is 52.7. The molecular formula is C89H72N2.